The molecule has 0 bridgehead atoms. The first-order valence-corrected chi connectivity index (χ1v) is 8.96. The van der Waals surface area contributed by atoms with Gasteiger partial charge in [0.15, 0.2) is 0 Å². The van der Waals surface area contributed by atoms with Gasteiger partial charge in [0.05, 0.1) is 11.5 Å². The minimum absolute atomic E-state index is 0.0132. The fraction of sp³-hybridized carbons (Fsp3) is 0.556. The topological polar surface area (TPSA) is 96.2 Å². The number of benzene rings is 1. The number of urea groups is 1. The van der Waals surface area contributed by atoms with Gasteiger partial charge in [-0.3, -0.25) is 10.1 Å². The third-order valence-corrected chi connectivity index (χ3v) is 4.56. The number of nitrogens with zero attached hydrogens (tertiary/aromatic N) is 4. The van der Waals surface area contributed by atoms with Crippen molar-refractivity contribution < 1.29 is 19.2 Å². The molecule has 1 aromatic rings. The zero-order valence-electron chi connectivity index (χ0n) is 16.0. The van der Waals surface area contributed by atoms with Crippen molar-refractivity contribution in [3.63, 3.8) is 0 Å². The van der Waals surface area contributed by atoms with E-state index >= 15 is 0 Å². The van der Waals surface area contributed by atoms with E-state index in [4.69, 9.17) is 4.74 Å². The molecule has 0 aliphatic carbocycles. The Bertz CT molecular complexity index is 669. The first-order chi connectivity index (χ1) is 12.8. The van der Waals surface area contributed by atoms with E-state index in [1.807, 2.05) is 0 Å². The standard InChI is InChI=1S/C18H26N4O5/c1-4-27-18(24)20-11-9-15(10-12-20)21(17(23)19(2)3)13-14-5-7-16(8-6-14)22(25)26/h5-8,15H,4,9-13H2,1-3H3. The number of non-ortho nitro benzene ring substituents is 1. The van der Waals surface area contributed by atoms with Crippen LogP contribution >= 0.6 is 0 Å². The first-order valence-electron chi connectivity index (χ1n) is 8.96. The summed E-state index contributed by atoms with van der Waals surface area (Å²) in [7, 11) is 3.39. The number of carbonyl (C=O) groups excluding carboxylic acids is 2. The molecule has 1 aliphatic rings. The zero-order chi connectivity index (χ0) is 20.0. The molecular formula is C18H26N4O5. The molecule has 27 heavy (non-hydrogen) atoms. The van der Waals surface area contributed by atoms with E-state index in [-0.39, 0.29) is 23.9 Å². The van der Waals surface area contributed by atoms with Crippen molar-refractivity contribution in [2.45, 2.75) is 32.4 Å². The lowest BCUT2D eigenvalue weighted by Gasteiger charge is -2.39. The third-order valence-electron chi connectivity index (χ3n) is 4.56. The summed E-state index contributed by atoms with van der Waals surface area (Å²) in [6, 6.07) is 6.08. The number of carbonyl (C=O) groups is 2. The second-order valence-electron chi connectivity index (χ2n) is 6.65. The van der Waals surface area contributed by atoms with E-state index in [9.17, 15) is 19.7 Å². The van der Waals surface area contributed by atoms with Crippen LogP contribution in [-0.2, 0) is 11.3 Å². The summed E-state index contributed by atoms with van der Waals surface area (Å²) < 4.78 is 5.03. The molecule has 0 radical (unpaired) electrons. The SMILES string of the molecule is CCOC(=O)N1CCC(N(Cc2ccc([N+](=O)[O-])cc2)C(=O)N(C)C)CC1. The number of piperidine rings is 1. The molecule has 1 aromatic carbocycles. The van der Waals surface area contributed by atoms with Gasteiger partial charge in [-0.25, -0.2) is 9.59 Å². The highest BCUT2D eigenvalue weighted by atomic mass is 16.6. The van der Waals surface area contributed by atoms with Crippen molar-refractivity contribution in [1.82, 2.24) is 14.7 Å². The Morgan fingerprint density at radius 3 is 2.30 bits per heavy atom. The van der Waals surface area contributed by atoms with Gasteiger partial charge in [0.25, 0.3) is 5.69 Å². The summed E-state index contributed by atoms with van der Waals surface area (Å²) >= 11 is 0. The van der Waals surface area contributed by atoms with E-state index in [2.05, 4.69) is 0 Å². The van der Waals surface area contributed by atoms with Crippen LogP contribution in [0.5, 0.6) is 0 Å². The summed E-state index contributed by atoms with van der Waals surface area (Å²) in [5.41, 5.74) is 0.843. The molecule has 0 atom stereocenters. The molecule has 0 saturated carbocycles. The molecule has 1 saturated heterocycles. The maximum Gasteiger partial charge on any atom is 0.409 e. The van der Waals surface area contributed by atoms with Crippen LogP contribution in [-0.4, -0.2) is 71.6 Å². The normalized spacial score (nSPS) is 14.6. The Morgan fingerprint density at radius 1 is 1.22 bits per heavy atom. The number of amides is 3. The van der Waals surface area contributed by atoms with Crippen molar-refractivity contribution in [3.8, 4) is 0 Å². The molecule has 0 spiro atoms. The van der Waals surface area contributed by atoms with Gasteiger partial charge in [0.2, 0.25) is 0 Å². The minimum Gasteiger partial charge on any atom is -0.450 e. The molecule has 0 unspecified atom stereocenters. The van der Waals surface area contributed by atoms with Gasteiger partial charge in [0.1, 0.15) is 0 Å². The number of rotatable bonds is 5. The van der Waals surface area contributed by atoms with Crippen LogP contribution in [0.4, 0.5) is 15.3 Å². The summed E-state index contributed by atoms with van der Waals surface area (Å²) in [6.45, 7) is 3.53. The van der Waals surface area contributed by atoms with Gasteiger partial charge in [0, 0.05) is 51.9 Å². The Balaban J connectivity index is 2.08. The van der Waals surface area contributed by atoms with Gasteiger partial charge < -0.3 is 19.4 Å². The van der Waals surface area contributed by atoms with Gasteiger partial charge in [-0.15, -0.1) is 0 Å². The Hall–Kier alpha value is -2.84. The van der Waals surface area contributed by atoms with Crippen molar-refractivity contribution in [3.05, 3.63) is 39.9 Å². The lowest BCUT2D eigenvalue weighted by atomic mass is 10.0. The van der Waals surface area contributed by atoms with Crippen LogP contribution in [0.3, 0.4) is 0 Å². The maximum atomic E-state index is 12.7. The highest BCUT2D eigenvalue weighted by molar-refractivity contribution is 5.74. The molecule has 9 nitrogen and oxygen atoms in total. The Morgan fingerprint density at radius 2 is 1.81 bits per heavy atom. The van der Waals surface area contributed by atoms with Crippen LogP contribution in [0.25, 0.3) is 0 Å². The lowest BCUT2D eigenvalue weighted by molar-refractivity contribution is -0.384. The van der Waals surface area contributed by atoms with Crippen LogP contribution in [0, 0.1) is 10.1 Å². The molecule has 2 rings (SSSR count). The zero-order valence-corrected chi connectivity index (χ0v) is 16.0. The van der Waals surface area contributed by atoms with E-state index < -0.39 is 4.92 Å². The third kappa shape index (κ3) is 5.32. The number of nitro benzene ring substituents is 1. The van der Waals surface area contributed by atoms with Crippen molar-refractivity contribution >= 4 is 17.8 Å². The van der Waals surface area contributed by atoms with Crippen LogP contribution in [0.15, 0.2) is 24.3 Å². The second-order valence-corrected chi connectivity index (χ2v) is 6.65. The van der Waals surface area contributed by atoms with E-state index in [0.29, 0.717) is 39.1 Å². The summed E-state index contributed by atoms with van der Waals surface area (Å²) in [6.07, 6.45) is 0.994. The van der Waals surface area contributed by atoms with E-state index in [1.165, 1.54) is 17.0 Å². The number of nitro groups is 1. The Kier molecular flexibility index (Phi) is 6.98. The van der Waals surface area contributed by atoms with Crippen molar-refractivity contribution in [2.75, 3.05) is 33.8 Å². The number of hydrogen-bond acceptors (Lipinski definition) is 5. The fourth-order valence-electron chi connectivity index (χ4n) is 3.10. The largest absolute Gasteiger partial charge is 0.450 e. The number of hydrogen-bond donors (Lipinski definition) is 0. The lowest BCUT2D eigenvalue weighted by Crippen LogP contribution is -2.51. The molecule has 9 heteroatoms. The fourth-order valence-corrected chi connectivity index (χ4v) is 3.10. The monoisotopic (exact) mass is 378 g/mol. The molecular weight excluding hydrogens is 352 g/mol. The molecule has 148 valence electrons. The van der Waals surface area contributed by atoms with Crippen LogP contribution in [0.2, 0.25) is 0 Å². The maximum absolute atomic E-state index is 12.7. The van der Waals surface area contributed by atoms with Gasteiger partial charge in [-0.05, 0) is 25.3 Å². The Labute approximate surface area is 158 Å². The average molecular weight is 378 g/mol. The van der Waals surface area contributed by atoms with Gasteiger partial charge in [-0.2, -0.15) is 0 Å². The molecule has 0 N–H and O–H groups in total. The quantitative estimate of drug-likeness (QED) is 0.580. The smallest absolute Gasteiger partial charge is 0.409 e. The van der Waals surface area contributed by atoms with Crippen molar-refractivity contribution in [1.29, 1.82) is 0 Å². The molecule has 1 aliphatic heterocycles. The molecule has 1 heterocycles. The van der Waals surface area contributed by atoms with Crippen LogP contribution in [0.1, 0.15) is 25.3 Å². The average Bonchev–Trinajstić information content (AvgIpc) is 2.66. The van der Waals surface area contributed by atoms with Gasteiger partial charge in [-0.1, -0.05) is 12.1 Å². The number of likely N-dealkylation sites (tertiary alicyclic amines) is 1. The van der Waals surface area contributed by atoms with Crippen LogP contribution < -0.4 is 0 Å². The summed E-state index contributed by atoms with van der Waals surface area (Å²) in [5.74, 6) is 0. The predicted octanol–water partition coefficient (Wildman–Crippen LogP) is 2.70. The second kappa shape index (κ2) is 9.20. The molecule has 0 aromatic heterocycles. The van der Waals surface area contributed by atoms with E-state index in [0.717, 1.165) is 5.56 Å². The number of ether oxygens (including phenoxy) is 1. The summed E-state index contributed by atoms with van der Waals surface area (Å²) in [5, 5.41) is 10.8. The molecule has 1 fully saturated rings. The van der Waals surface area contributed by atoms with Gasteiger partial charge >= 0.3 is 12.1 Å². The highest BCUT2D eigenvalue weighted by Crippen LogP contribution is 2.22. The minimum atomic E-state index is -0.447. The van der Waals surface area contributed by atoms with Crippen molar-refractivity contribution in [2.24, 2.45) is 0 Å². The highest BCUT2D eigenvalue weighted by Gasteiger charge is 2.31. The summed E-state index contributed by atoms with van der Waals surface area (Å²) in [4.78, 5) is 39.8. The molecule has 3 amide bonds. The first kappa shape index (κ1) is 20.5. The predicted molar refractivity (Wildman–Crippen MR) is 99.3 cm³/mol. The van der Waals surface area contributed by atoms with E-state index in [1.54, 1.807) is 43.0 Å².